The molecule has 1 aromatic carbocycles. The lowest BCUT2D eigenvalue weighted by Gasteiger charge is -2.27. The van der Waals surface area contributed by atoms with E-state index in [-0.39, 0.29) is 0 Å². The number of methoxy groups -OCH3 is 1. The lowest BCUT2D eigenvalue weighted by atomic mass is 10.1. The number of nitrogens with one attached hydrogen (secondary N) is 1. The van der Waals surface area contributed by atoms with Crippen molar-refractivity contribution in [2.45, 2.75) is 39.2 Å². The summed E-state index contributed by atoms with van der Waals surface area (Å²) in [5, 5.41) is 3.63. The summed E-state index contributed by atoms with van der Waals surface area (Å²) in [7, 11) is 3.86. The molecule has 0 aliphatic rings. The van der Waals surface area contributed by atoms with Gasteiger partial charge in [0.15, 0.2) is 0 Å². The molecular weight excluding hydrogens is 236 g/mol. The van der Waals surface area contributed by atoms with E-state index >= 15 is 0 Å². The summed E-state index contributed by atoms with van der Waals surface area (Å²) in [4.78, 5) is 2.28. The van der Waals surface area contributed by atoms with Crippen LogP contribution in [0.4, 0.5) is 5.69 Å². The molecule has 3 heteroatoms. The van der Waals surface area contributed by atoms with Crippen LogP contribution in [0.3, 0.4) is 0 Å². The van der Waals surface area contributed by atoms with Gasteiger partial charge < -0.3 is 15.0 Å². The van der Waals surface area contributed by atoms with Gasteiger partial charge in [-0.15, -0.1) is 0 Å². The molecular formula is C16H28N2O. The van der Waals surface area contributed by atoms with Crippen molar-refractivity contribution in [1.29, 1.82) is 0 Å². The maximum absolute atomic E-state index is 5.43. The number of nitrogens with zero attached hydrogens (tertiary/aromatic N) is 1. The van der Waals surface area contributed by atoms with Crippen LogP contribution in [-0.4, -0.2) is 33.3 Å². The van der Waals surface area contributed by atoms with Crippen LogP contribution in [0.2, 0.25) is 0 Å². The molecule has 1 atom stereocenters. The summed E-state index contributed by atoms with van der Waals surface area (Å²) in [5.74, 6) is 0.940. The van der Waals surface area contributed by atoms with Gasteiger partial charge in [-0.2, -0.15) is 0 Å². The largest absolute Gasteiger partial charge is 0.495 e. The minimum absolute atomic E-state index is 0.542. The number of benzene rings is 1. The standard InChI is InChI=1S/C16H28N2O/c1-5-9-14(17-12-6-2)13-18(3)15-10-7-8-11-16(15)19-4/h7-8,10-11,14,17H,5-6,9,12-13H2,1-4H3. The summed E-state index contributed by atoms with van der Waals surface area (Å²) in [6.45, 7) is 6.54. The van der Waals surface area contributed by atoms with E-state index in [1.165, 1.54) is 19.3 Å². The molecule has 0 heterocycles. The Morgan fingerprint density at radius 2 is 1.95 bits per heavy atom. The van der Waals surface area contributed by atoms with E-state index in [0.29, 0.717) is 6.04 Å². The van der Waals surface area contributed by atoms with Gasteiger partial charge in [-0.05, 0) is 31.5 Å². The highest BCUT2D eigenvalue weighted by Gasteiger charge is 2.13. The number of hydrogen-bond acceptors (Lipinski definition) is 3. The van der Waals surface area contributed by atoms with Gasteiger partial charge in [-0.1, -0.05) is 32.4 Å². The summed E-state index contributed by atoms with van der Waals surface area (Å²) in [6.07, 6.45) is 3.60. The van der Waals surface area contributed by atoms with Crippen molar-refractivity contribution < 1.29 is 4.74 Å². The van der Waals surface area contributed by atoms with E-state index in [1.807, 2.05) is 12.1 Å². The van der Waals surface area contributed by atoms with E-state index in [0.717, 1.165) is 24.5 Å². The Kier molecular flexibility index (Phi) is 7.34. The second kappa shape index (κ2) is 8.81. The molecule has 0 spiro atoms. The molecule has 0 aliphatic heterocycles. The molecule has 0 aliphatic carbocycles. The fraction of sp³-hybridized carbons (Fsp3) is 0.625. The van der Waals surface area contributed by atoms with Gasteiger partial charge in [0.05, 0.1) is 12.8 Å². The molecule has 19 heavy (non-hydrogen) atoms. The van der Waals surface area contributed by atoms with Crippen LogP contribution in [0, 0.1) is 0 Å². The first kappa shape index (κ1) is 15.8. The van der Waals surface area contributed by atoms with Crippen molar-refractivity contribution in [2.24, 2.45) is 0 Å². The van der Waals surface area contributed by atoms with Gasteiger partial charge in [-0.25, -0.2) is 0 Å². The van der Waals surface area contributed by atoms with E-state index in [4.69, 9.17) is 4.74 Å². The van der Waals surface area contributed by atoms with Crippen molar-refractivity contribution in [3.05, 3.63) is 24.3 Å². The molecule has 0 radical (unpaired) electrons. The van der Waals surface area contributed by atoms with Crippen molar-refractivity contribution in [1.82, 2.24) is 5.32 Å². The predicted molar refractivity (Wildman–Crippen MR) is 83.3 cm³/mol. The van der Waals surface area contributed by atoms with Crippen LogP contribution in [-0.2, 0) is 0 Å². The maximum atomic E-state index is 5.43. The second-order valence-electron chi connectivity index (χ2n) is 4.99. The third-order valence-corrected chi connectivity index (χ3v) is 3.31. The minimum atomic E-state index is 0.542. The third kappa shape index (κ3) is 5.11. The van der Waals surface area contributed by atoms with E-state index in [9.17, 15) is 0 Å². The summed E-state index contributed by atoms with van der Waals surface area (Å²) in [5.41, 5.74) is 1.16. The molecule has 0 saturated carbocycles. The van der Waals surface area contributed by atoms with Crippen LogP contribution in [0.25, 0.3) is 0 Å². The monoisotopic (exact) mass is 264 g/mol. The summed E-state index contributed by atoms with van der Waals surface area (Å²) < 4.78 is 5.43. The zero-order chi connectivity index (χ0) is 14.1. The molecule has 0 amide bonds. The molecule has 3 nitrogen and oxygen atoms in total. The number of para-hydroxylation sites is 2. The van der Waals surface area contributed by atoms with Gasteiger partial charge in [0.25, 0.3) is 0 Å². The van der Waals surface area contributed by atoms with Crippen molar-refractivity contribution in [3.63, 3.8) is 0 Å². The number of rotatable bonds is 9. The summed E-state index contributed by atoms with van der Waals surface area (Å²) >= 11 is 0. The topological polar surface area (TPSA) is 24.5 Å². The molecule has 0 aromatic heterocycles. The van der Waals surface area contributed by atoms with Crippen molar-refractivity contribution >= 4 is 5.69 Å². The molecule has 1 unspecified atom stereocenters. The number of ether oxygens (including phenoxy) is 1. The molecule has 0 bridgehead atoms. The first-order valence-corrected chi connectivity index (χ1v) is 7.30. The Balaban J connectivity index is 2.66. The van der Waals surface area contributed by atoms with Gasteiger partial charge in [0.1, 0.15) is 5.75 Å². The fourth-order valence-electron chi connectivity index (χ4n) is 2.33. The number of likely N-dealkylation sites (N-methyl/N-ethyl adjacent to an activating group) is 1. The average molecular weight is 264 g/mol. The maximum Gasteiger partial charge on any atom is 0.142 e. The third-order valence-electron chi connectivity index (χ3n) is 3.31. The van der Waals surface area contributed by atoms with Crippen LogP contribution >= 0.6 is 0 Å². The second-order valence-corrected chi connectivity index (χ2v) is 4.99. The number of hydrogen-bond donors (Lipinski definition) is 1. The van der Waals surface area contributed by atoms with Crippen LogP contribution in [0.1, 0.15) is 33.1 Å². The zero-order valence-electron chi connectivity index (χ0n) is 12.8. The fourth-order valence-corrected chi connectivity index (χ4v) is 2.33. The van der Waals surface area contributed by atoms with Crippen molar-refractivity contribution in [2.75, 3.05) is 32.1 Å². The Hall–Kier alpha value is -1.22. The quantitative estimate of drug-likeness (QED) is 0.740. The lowest BCUT2D eigenvalue weighted by Crippen LogP contribution is -2.40. The van der Waals surface area contributed by atoms with Crippen LogP contribution in [0.15, 0.2) is 24.3 Å². The Bertz CT molecular complexity index is 354. The van der Waals surface area contributed by atoms with Gasteiger partial charge in [0, 0.05) is 19.6 Å². The zero-order valence-corrected chi connectivity index (χ0v) is 12.8. The van der Waals surface area contributed by atoms with Gasteiger partial charge in [0.2, 0.25) is 0 Å². The van der Waals surface area contributed by atoms with Crippen molar-refractivity contribution in [3.8, 4) is 5.75 Å². The van der Waals surface area contributed by atoms with Crippen LogP contribution in [0.5, 0.6) is 5.75 Å². The predicted octanol–water partition coefficient (Wildman–Crippen LogP) is 3.30. The molecule has 1 rings (SSSR count). The highest BCUT2D eigenvalue weighted by Crippen LogP contribution is 2.26. The minimum Gasteiger partial charge on any atom is -0.495 e. The molecule has 1 N–H and O–H groups in total. The highest BCUT2D eigenvalue weighted by molar-refractivity contribution is 5.57. The Morgan fingerprint density at radius 1 is 1.21 bits per heavy atom. The van der Waals surface area contributed by atoms with Crippen LogP contribution < -0.4 is 15.0 Å². The normalized spacial score (nSPS) is 12.2. The molecule has 0 saturated heterocycles. The molecule has 1 aromatic rings. The Morgan fingerprint density at radius 3 is 2.58 bits per heavy atom. The van der Waals surface area contributed by atoms with Gasteiger partial charge in [-0.3, -0.25) is 0 Å². The van der Waals surface area contributed by atoms with Gasteiger partial charge >= 0.3 is 0 Å². The number of anilines is 1. The smallest absolute Gasteiger partial charge is 0.142 e. The first-order valence-electron chi connectivity index (χ1n) is 7.30. The van der Waals surface area contributed by atoms with E-state index in [2.05, 4.69) is 43.2 Å². The molecule has 0 fully saturated rings. The first-order chi connectivity index (χ1) is 9.22. The SMILES string of the molecule is CCCNC(CCC)CN(C)c1ccccc1OC. The Labute approximate surface area is 118 Å². The summed E-state index contributed by atoms with van der Waals surface area (Å²) in [6, 6.07) is 8.74. The van der Waals surface area contributed by atoms with E-state index < -0.39 is 0 Å². The lowest BCUT2D eigenvalue weighted by molar-refractivity contribution is 0.413. The molecule has 108 valence electrons. The highest BCUT2D eigenvalue weighted by atomic mass is 16.5. The average Bonchev–Trinajstić information content (AvgIpc) is 2.44. The van der Waals surface area contributed by atoms with E-state index in [1.54, 1.807) is 7.11 Å².